The molecule has 0 aliphatic rings. The zero-order valence-corrected chi connectivity index (χ0v) is 10.8. The minimum absolute atomic E-state index is 0.139. The largest absolute Gasteiger partial charge is 0.347 e. The Hall–Kier alpha value is -2.30. The summed E-state index contributed by atoms with van der Waals surface area (Å²) in [4.78, 5) is 23.8. The van der Waals surface area contributed by atoms with Crippen LogP contribution in [0.1, 0.15) is 28.1 Å². The summed E-state index contributed by atoms with van der Waals surface area (Å²) in [5, 5.41) is 2.38. The Balaban J connectivity index is 2.68. The number of aromatic nitrogens is 3. The van der Waals surface area contributed by atoms with E-state index in [2.05, 4.69) is 11.7 Å². The number of hydrogen-bond donors (Lipinski definition) is 1. The Morgan fingerprint density at radius 1 is 1.37 bits per heavy atom. The van der Waals surface area contributed by atoms with E-state index in [1.54, 1.807) is 24.3 Å². The van der Waals surface area contributed by atoms with Gasteiger partial charge in [-0.15, -0.1) is 0 Å². The van der Waals surface area contributed by atoms with Crippen LogP contribution in [0.3, 0.4) is 0 Å². The first-order chi connectivity index (χ1) is 10.1. The summed E-state index contributed by atoms with van der Waals surface area (Å²) in [7, 11) is 1.32. The normalized spacial score (nSPS) is 15.4. The SMILES string of the molecule is [2H]C([2H])([2H])C(=C)C(c1ccc(C)cc1)n1[nH]c(=O)n(C)c1=O. The predicted molar refractivity (Wildman–Crippen MR) is 74.4 cm³/mol. The van der Waals surface area contributed by atoms with Crippen molar-refractivity contribution < 1.29 is 4.11 Å². The van der Waals surface area contributed by atoms with Crippen molar-refractivity contribution >= 4 is 0 Å². The molecule has 0 saturated carbocycles. The first kappa shape index (κ1) is 9.61. The third-order valence-electron chi connectivity index (χ3n) is 3.00. The molecule has 5 nitrogen and oxygen atoms in total. The second-order valence-electron chi connectivity index (χ2n) is 4.47. The molecular formula is C14H17N3O2. The lowest BCUT2D eigenvalue weighted by molar-refractivity contribution is 0.557. The number of allylic oxidation sites excluding steroid dienone is 1. The van der Waals surface area contributed by atoms with Crippen LogP contribution >= 0.6 is 0 Å². The van der Waals surface area contributed by atoms with Crippen LogP contribution in [0.4, 0.5) is 0 Å². The summed E-state index contributed by atoms with van der Waals surface area (Å²) in [6.07, 6.45) is 0. The molecule has 1 atom stereocenters. The van der Waals surface area contributed by atoms with E-state index in [0.717, 1.165) is 14.8 Å². The van der Waals surface area contributed by atoms with Crippen molar-refractivity contribution in [2.75, 3.05) is 0 Å². The van der Waals surface area contributed by atoms with Gasteiger partial charge in [0.1, 0.15) is 6.04 Å². The molecule has 0 fully saturated rings. The van der Waals surface area contributed by atoms with Gasteiger partial charge in [0, 0.05) is 11.2 Å². The molecule has 0 saturated heterocycles. The predicted octanol–water partition coefficient (Wildman–Crippen LogP) is 1.35. The van der Waals surface area contributed by atoms with Crippen LogP contribution in [-0.2, 0) is 7.05 Å². The highest BCUT2D eigenvalue weighted by Gasteiger charge is 2.19. The summed E-state index contributed by atoms with van der Waals surface area (Å²) < 4.78 is 24.6. The van der Waals surface area contributed by atoms with Gasteiger partial charge in [0.15, 0.2) is 0 Å². The van der Waals surface area contributed by atoms with Crippen LogP contribution in [-0.4, -0.2) is 14.3 Å². The topological polar surface area (TPSA) is 59.8 Å². The number of nitrogens with one attached hydrogen (secondary N) is 1. The fourth-order valence-electron chi connectivity index (χ4n) is 1.90. The van der Waals surface area contributed by atoms with E-state index in [4.69, 9.17) is 4.11 Å². The number of aryl methyl sites for hydroxylation is 1. The van der Waals surface area contributed by atoms with E-state index < -0.39 is 24.3 Å². The lowest BCUT2D eigenvalue weighted by atomic mass is 10.0. The lowest BCUT2D eigenvalue weighted by Gasteiger charge is -2.17. The average Bonchev–Trinajstić information content (AvgIpc) is 2.68. The Bertz CT molecular complexity index is 810. The fraction of sp³-hybridized carbons (Fsp3) is 0.286. The van der Waals surface area contributed by atoms with Crippen molar-refractivity contribution in [2.45, 2.75) is 19.8 Å². The Labute approximate surface area is 115 Å². The quantitative estimate of drug-likeness (QED) is 0.849. The molecule has 0 aliphatic carbocycles. The maximum atomic E-state index is 12.2. The van der Waals surface area contributed by atoms with Crippen molar-refractivity contribution in [3.8, 4) is 0 Å². The Kier molecular flexibility index (Phi) is 2.41. The maximum Gasteiger partial charge on any atom is 0.347 e. The highest BCUT2D eigenvalue weighted by atomic mass is 16.2. The van der Waals surface area contributed by atoms with Gasteiger partial charge in [0.25, 0.3) is 0 Å². The van der Waals surface area contributed by atoms with E-state index in [9.17, 15) is 9.59 Å². The number of aromatic amines is 1. The standard InChI is InChI=1S/C14H17N3O2/c1-9(2)12(11-7-5-10(3)6-8-11)17-14(19)16(4)13(18)15-17/h5-8,12H,1H2,2-4H3,(H,15,18)/i2D3. The van der Waals surface area contributed by atoms with Crippen LogP contribution < -0.4 is 11.4 Å². The summed E-state index contributed by atoms with van der Waals surface area (Å²) >= 11 is 0. The average molecular weight is 262 g/mol. The lowest BCUT2D eigenvalue weighted by Crippen LogP contribution is -2.29. The molecule has 2 aromatic rings. The fourth-order valence-corrected chi connectivity index (χ4v) is 1.90. The molecule has 100 valence electrons. The number of hydrogen-bond acceptors (Lipinski definition) is 2. The van der Waals surface area contributed by atoms with E-state index in [-0.39, 0.29) is 5.57 Å². The second-order valence-corrected chi connectivity index (χ2v) is 4.47. The first-order valence-corrected chi connectivity index (χ1v) is 5.76. The second kappa shape index (κ2) is 4.76. The van der Waals surface area contributed by atoms with Crippen molar-refractivity contribution in [1.29, 1.82) is 0 Å². The van der Waals surface area contributed by atoms with Gasteiger partial charge in [0.05, 0.1) is 0 Å². The van der Waals surface area contributed by atoms with E-state index in [1.165, 1.54) is 7.05 Å². The number of nitrogens with zero attached hydrogens (tertiary/aromatic N) is 2. The van der Waals surface area contributed by atoms with Crippen molar-refractivity contribution in [2.24, 2.45) is 7.05 Å². The van der Waals surface area contributed by atoms with Gasteiger partial charge in [-0.05, 0) is 19.3 Å². The van der Waals surface area contributed by atoms with Gasteiger partial charge in [-0.1, -0.05) is 42.0 Å². The smallest absolute Gasteiger partial charge is 0.246 e. The molecule has 0 aliphatic heterocycles. The maximum absolute atomic E-state index is 12.2. The highest BCUT2D eigenvalue weighted by Crippen LogP contribution is 2.22. The monoisotopic (exact) mass is 262 g/mol. The molecule has 1 N–H and O–H groups in total. The summed E-state index contributed by atoms with van der Waals surface area (Å²) in [5.41, 5.74) is 0.188. The highest BCUT2D eigenvalue weighted by molar-refractivity contribution is 5.29. The van der Waals surface area contributed by atoms with Gasteiger partial charge in [-0.2, -0.15) is 0 Å². The molecule has 0 spiro atoms. The van der Waals surface area contributed by atoms with Crippen LogP contribution in [0.2, 0.25) is 0 Å². The van der Waals surface area contributed by atoms with Crippen molar-refractivity contribution in [1.82, 2.24) is 14.3 Å². The van der Waals surface area contributed by atoms with Gasteiger partial charge < -0.3 is 0 Å². The van der Waals surface area contributed by atoms with Gasteiger partial charge in [-0.3, -0.25) is 0 Å². The summed E-state index contributed by atoms with van der Waals surface area (Å²) in [6.45, 7) is 3.07. The van der Waals surface area contributed by atoms with Crippen LogP contribution in [0.5, 0.6) is 0 Å². The van der Waals surface area contributed by atoms with E-state index in [1.807, 2.05) is 6.92 Å². The number of benzene rings is 1. The molecular weight excluding hydrogens is 242 g/mol. The molecule has 0 radical (unpaired) electrons. The van der Waals surface area contributed by atoms with Crippen molar-refractivity contribution in [3.05, 3.63) is 68.5 Å². The third kappa shape index (κ3) is 2.31. The Morgan fingerprint density at radius 2 is 2.00 bits per heavy atom. The molecule has 0 bridgehead atoms. The van der Waals surface area contributed by atoms with Gasteiger partial charge >= 0.3 is 11.4 Å². The molecule has 5 heteroatoms. The first-order valence-electron chi connectivity index (χ1n) is 7.26. The van der Waals surface area contributed by atoms with Gasteiger partial charge in [-0.25, -0.2) is 23.9 Å². The van der Waals surface area contributed by atoms with E-state index in [0.29, 0.717) is 5.56 Å². The van der Waals surface area contributed by atoms with Gasteiger partial charge in [0.2, 0.25) is 0 Å². The molecule has 2 rings (SSSR count). The molecule has 1 aromatic heterocycles. The molecule has 1 unspecified atom stereocenters. The van der Waals surface area contributed by atoms with Crippen molar-refractivity contribution in [3.63, 3.8) is 0 Å². The van der Waals surface area contributed by atoms with Crippen LogP contribution in [0.15, 0.2) is 46.0 Å². The molecule has 19 heavy (non-hydrogen) atoms. The minimum atomic E-state index is -2.46. The summed E-state index contributed by atoms with van der Waals surface area (Å²) in [6, 6.07) is 6.08. The number of H-pyrrole nitrogens is 1. The zero-order valence-electron chi connectivity index (χ0n) is 13.8. The molecule has 0 amide bonds. The minimum Gasteiger partial charge on any atom is -0.246 e. The van der Waals surface area contributed by atoms with E-state index >= 15 is 0 Å². The molecule has 1 aromatic carbocycles. The molecule has 1 heterocycles. The zero-order chi connectivity index (χ0) is 16.7. The third-order valence-corrected chi connectivity index (χ3v) is 3.00. The summed E-state index contributed by atoms with van der Waals surface area (Å²) in [5.74, 6) is 0. The Morgan fingerprint density at radius 3 is 2.47 bits per heavy atom. The number of rotatable bonds is 3. The van der Waals surface area contributed by atoms with Crippen LogP contribution in [0.25, 0.3) is 0 Å². The van der Waals surface area contributed by atoms with Crippen LogP contribution in [0, 0.1) is 6.92 Å².